The number of nitrogens with two attached hydrogens (primary N) is 2. The molecule has 1 heterocycles. The monoisotopic (exact) mass is 232 g/mol. The zero-order chi connectivity index (χ0) is 12.4. The van der Waals surface area contributed by atoms with Gasteiger partial charge in [-0.05, 0) is 17.7 Å². The third kappa shape index (κ3) is 2.36. The predicted molar refractivity (Wildman–Crippen MR) is 62.4 cm³/mol. The van der Waals surface area contributed by atoms with Crippen LogP contribution >= 0.6 is 0 Å². The van der Waals surface area contributed by atoms with Gasteiger partial charge in [0, 0.05) is 6.20 Å². The fourth-order valence-corrected chi connectivity index (χ4v) is 1.55. The second-order valence-electron chi connectivity index (χ2n) is 3.66. The molecule has 2 aromatic rings. The van der Waals surface area contributed by atoms with Crippen LogP contribution in [0.2, 0.25) is 0 Å². The van der Waals surface area contributed by atoms with Gasteiger partial charge in [0.2, 0.25) is 0 Å². The maximum Gasteiger partial charge on any atom is 0.271 e. The lowest BCUT2D eigenvalue weighted by Gasteiger charge is -2.01. The van der Waals surface area contributed by atoms with E-state index in [2.05, 4.69) is 5.10 Å². The van der Waals surface area contributed by atoms with E-state index in [-0.39, 0.29) is 17.1 Å². The smallest absolute Gasteiger partial charge is 0.271 e. The Morgan fingerprint density at radius 2 is 2.24 bits per heavy atom. The number of anilines is 1. The number of aromatic nitrogens is 2. The topological polar surface area (TPSA) is 107 Å². The highest BCUT2D eigenvalue weighted by molar-refractivity contribution is 5.95. The summed E-state index contributed by atoms with van der Waals surface area (Å²) >= 11 is 0. The Labute approximate surface area is 97.5 Å². The molecule has 0 unspecified atom stereocenters. The third-order valence-corrected chi connectivity index (χ3v) is 2.28. The van der Waals surface area contributed by atoms with Crippen LogP contribution in [0.4, 0.5) is 5.69 Å². The summed E-state index contributed by atoms with van der Waals surface area (Å²) in [5, 5.41) is 13.3. The van der Waals surface area contributed by atoms with Crippen LogP contribution in [0.5, 0.6) is 5.75 Å². The molecule has 0 aliphatic heterocycles. The Morgan fingerprint density at radius 3 is 2.82 bits per heavy atom. The van der Waals surface area contributed by atoms with E-state index in [4.69, 9.17) is 11.5 Å². The largest absolute Gasteiger partial charge is 0.508 e. The molecule has 6 nitrogen and oxygen atoms in total. The highest BCUT2D eigenvalue weighted by atomic mass is 16.3. The number of carbonyl (C=O) groups excluding carboxylic acids is 1. The summed E-state index contributed by atoms with van der Waals surface area (Å²) < 4.78 is 1.50. The van der Waals surface area contributed by atoms with Crippen molar-refractivity contribution in [3.05, 3.63) is 41.7 Å². The van der Waals surface area contributed by atoms with Gasteiger partial charge in [-0.2, -0.15) is 5.10 Å². The first kappa shape index (κ1) is 11.0. The quantitative estimate of drug-likeness (QED) is 0.708. The van der Waals surface area contributed by atoms with Gasteiger partial charge in [0.1, 0.15) is 5.75 Å². The van der Waals surface area contributed by atoms with Crippen molar-refractivity contribution < 1.29 is 9.90 Å². The molecule has 0 aliphatic rings. The van der Waals surface area contributed by atoms with Gasteiger partial charge in [0.15, 0.2) is 5.69 Å². The molecule has 0 radical (unpaired) electrons. The molecule has 88 valence electrons. The molecule has 1 aromatic heterocycles. The average Bonchev–Trinajstić information content (AvgIpc) is 2.59. The normalized spacial score (nSPS) is 10.4. The van der Waals surface area contributed by atoms with Crippen molar-refractivity contribution in [3.8, 4) is 5.75 Å². The second kappa shape index (κ2) is 4.17. The number of primary amides is 1. The third-order valence-electron chi connectivity index (χ3n) is 2.28. The molecule has 0 fully saturated rings. The van der Waals surface area contributed by atoms with Crippen LogP contribution in [0.15, 0.2) is 30.5 Å². The molecule has 0 bridgehead atoms. The van der Waals surface area contributed by atoms with Crippen molar-refractivity contribution in [2.75, 3.05) is 5.73 Å². The van der Waals surface area contributed by atoms with Crippen molar-refractivity contribution in [1.82, 2.24) is 9.78 Å². The highest BCUT2D eigenvalue weighted by Crippen LogP contribution is 2.14. The van der Waals surface area contributed by atoms with Crippen LogP contribution < -0.4 is 11.5 Å². The standard InChI is InChI=1S/C11H12N4O2/c12-9-6-15(14-10(9)11(13)17)5-7-2-1-3-8(16)4-7/h1-4,6,16H,5,12H2,(H2,13,17). The molecule has 0 saturated heterocycles. The molecular weight excluding hydrogens is 220 g/mol. The number of aromatic hydroxyl groups is 1. The van der Waals surface area contributed by atoms with Crippen molar-refractivity contribution in [3.63, 3.8) is 0 Å². The summed E-state index contributed by atoms with van der Waals surface area (Å²) in [5.41, 5.74) is 11.9. The summed E-state index contributed by atoms with van der Waals surface area (Å²) in [6, 6.07) is 6.76. The van der Waals surface area contributed by atoms with Crippen LogP contribution in [-0.2, 0) is 6.54 Å². The first-order valence-electron chi connectivity index (χ1n) is 4.97. The van der Waals surface area contributed by atoms with Gasteiger partial charge in [0.25, 0.3) is 5.91 Å². The van der Waals surface area contributed by atoms with Gasteiger partial charge in [0.05, 0.1) is 12.2 Å². The Bertz CT molecular complexity index is 562. The summed E-state index contributed by atoms with van der Waals surface area (Å²) in [5.74, 6) is -0.477. The predicted octanol–water partition coefficient (Wildman–Crippen LogP) is 0.318. The number of nitrogen functional groups attached to an aromatic ring is 1. The molecule has 2 rings (SSSR count). The van der Waals surface area contributed by atoms with Crippen LogP contribution in [-0.4, -0.2) is 20.8 Å². The maximum absolute atomic E-state index is 11.0. The molecule has 1 amide bonds. The van der Waals surface area contributed by atoms with Crippen LogP contribution in [0.3, 0.4) is 0 Å². The van der Waals surface area contributed by atoms with Gasteiger partial charge in [-0.25, -0.2) is 0 Å². The molecular formula is C11H12N4O2. The van der Waals surface area contributed by atoms with Crippen molar-refractivity contribution in [2.24, 2.45) is 5.73 Å². The first-order valence-corrected chi connectivity index (χ1v) is 4.97. The average molecular weight is 232 g/mol. The summed E-state index contributed by atoms with van der Waals surface area (Å²) in [6.07, 6.45) is 1.53. The molecule has 0 spiro atoms. The van der Waals surface area contributed by atoms with Crippen molar-refractivity contribution in [1.29, 1.82) is 0 Å². The second-order valence-corrected chi connectivity index (χ2v) is 3.66. The number of phenolic OH excluding ortho intramolecular Hbond substituents is 1. The Balaban J connectivity index is 2.25. The van der Waals surface area contributed by atoms with Crippen LogP contribution in [0, 0.1) is 0 Å². The number of benzene rings is 1. The van der Waals surface area contributed by atoms with E-state index in [1.54, 1.807) is 18.2 Å². The zero-order valence-electron chi connectivity index (χ0n) is 9.00. The highest BCUT2D eigenvalue weighted by Gasteiger charge is 2.11. The van der Waals surface area contributed by atoms with E-state index in [0.29, 0.717) is 6.54 Å². The van der Waals surface area contributed by atoms with E-state index in [0.717, 1.165) is 5.56 Å². The van der Waals surface area contributed by atoms with E-state index >= 15 is 0 Å². The van der Waals surface area contributed by atoms with E-state index in [1.165, 1.54) is 10.9 Å². The van der Waals surface area contributed by atoms with E-state index in [9.17, 15) is 9.90 Å². The molecule has 0 atom stereocenters. The fraction of sp³-hybridized carbons (Fsp3) is 0.0909. The number of hydrogen-bond acceptors (Lipinski definition) is 4. The van der Waals surface area contributed by atoms with Gasteiger partial charge < -0.3 is 16.6 Å². The number of nitrogens with zero attached hydrogens (tertiary/aromatic N) is 2. The minimum absolute atomic E-state index is 0.0603. The molecule has 5 N–H and O–H groups in total. The Hall–Kier alpha value is -2.50. The lowest BCUT2D eigenvalue weighted by atomic mass is 10.2. The number of phenols is 1. The first-order chi connectivity index (χ1) is 8.06. The summed E-state index contributed by atoms with van der Waals surface area (Å²) in [4.78, 5) is 11.0. The molecule has 6 heteroatoms. The molecule has 0 aliphatic carbocycles. The fourth-order valence-electron chi connectivity index (χ4n) is 1.55. The summed E-state index contributed by atoms with van der Waals surface area (Å²) in [7, 11) is 0. The molecule has 17 heavy (non-hydrogen) atoms. The van der Waals surface area contributed by atoms with E-state index < -0.39 is 5.91 Å². The number of carbonyl (C=O) groups is 1. The van der Waals surface area contributed by atoms with Gasteiger partial charge in [-0.15, -0.1) is 0 Å². The molecule has 1 aromatic carbocycles. The number of rotatable bonds is 3. The van der Waals surface area contributed by atoms with Gasteiger partial charge >= 0.3 is 0 Å². The maximum atomic E-state index is 11.0. The Morgan fingerprint density at radius 1 is 1.47 bits per heavy atom. The Kier molecular flexibility index (Phi) is 2.70. The zero-order valence-corrected chi connectivity index (χ0v) is 9.00. The number of amides is 1. The van der Waals surface area contributed by atoms with Gasteiger partial charge in [-0.1, -0.05) is 12.1 Å². The van der Waals surface area contributed by atoms with Crippen molar-refractivity contribution in [2.45, 2.75) is 6.54 Å². The lowest BCUT2D eigenvalue weighted by molar-refractivity contribution is 0.0995. The van der Waals surface area contributed by atoms with Crippen LogP contribution in [0.1, 0.15) is 16.1 Å². The molecule has 0 saturated carbocycles. The minimum Gasteiger partial charge on any atom is -0.508 e. The lowest BCUT2D eigenvalue weighted by Crippen LogP contribution is -2.14. The van der Waals surface area contributed by atoms with E-state index in [1.807, 2.05) is 6.07 Å². The number of hydrogen-bond donors (Lipinski definition) is 3. The SMILES string of the molecule is NC(=O)c1nn(Cc2cccc(O)c2)cc1N. The summed E-state index contributed by atoms with van der Waals surface area (Å²) in [6.45, 7) is 0.409. The van der Waals surface area contributed by atoms with Crippen molar-refractivity contribution >= 4 is 11.6 Å². The minimum atomic E-state index is -0.655. The van der Waals surface area contributed by atoms with Crippen LogP contribution in [0.25, 0.3) is 0 Å². The van der Waals surface area contributed by atoms with Gasteiger partial charge in [-0.3, -0.25) is 9.48 Å².